The Morgan fingerprint density at radius 1 is 1.30 bits per heavy atom. The first kappa shape index (κ1) is 17.9. The summed E-state index contributed by atoms with van der Waals surface area (Å²) in [5.74, 6) is -0.191. The summed E-state index contributed by atoms with van der Waals surface area (Å²) in [6.07, 6.45) is 11.7. The highest BCUT2D eigenvalue weighted by Gasteiger charge is 2.44. The lowest BCUT2D eigenvalue weighted by atomic mass is 9.78. The molecular weight excluding hydrogens is 308 g/mol. The molecule has 1 fully saturated rings. The molecule has 1 atom stereocenters. The summed E-state index contributed by atoms with van der Waals surface area (Å²) < 4.78 is 0. The van der Waals surface area contributed by atoms with E-state index in [1.54, 1.807) is 24.4 Å². The summed E-state index contributed by atoms with van der Waals surface area (Å²) in [4.78, 5) is 16.2. The molecule has 1 aliphatic rings. The molecule has 0 aromatic carbocycles. The van der Waals surface area contributed by atoms with Crippen molar-refractivity contribution >= 4 is 23.2 Å². The van der Waals surface area contributed by atoms with Crippen LogP contribution in [0.25, 0.3) is 0 Å². The van der Waals surface area contributed by atoms with E-state index in [-0.39, 0.29) is 4.99 Å². The third kappa shape index (κ3) is 4.28. The van der Waals surface area contributed by atoms with Crippen LogP contribution in [0.4, 0.5) is 0 Å². The minimum Gasteiger partial charge on any atom is -0.480 e. The van der Waals surface area contributed by atoms with E-state index in [9.17, 15) is 9.90 Å². The van der Waals surface area contributed by atoms with Gasteiger partial charge in [-0.15, -0.1) is 0 Å². The number of thiocarbonyl (C=S) groups is 1. The summed E-state index contributed by atoms with van der Waals surface area (Å²) >= 11 is 5.12. The zero-order chi connectivity index (χ0) is 16.7. The molecular formula is C18H26N2O2S. The number of hydrogen-bond donors (Lipinski definition) is 2. The summed E-state index contributed by atoms with van der Waals surface area (Å²) in [5.41, 5.74) is 4.94. The second-order valence-corrected chi connectivity index (χ2v) is 6.98. The van der Waals surface area contributed by atoms with Gasteiger partial charge >= 0.3 is 5.97 Å². The fourth-order valence-electron chi connectivity index (χ4n) is 3.61. The number of rotatable bonds is 8. The van der Waals surface area contributed by atoms with Crippen molar-refractivity contribution in [3.8, 4) is 0 Å². The monoisotopic (exact) mass is 334 g/mol. The molecule has 23 heavy (non-hydrogen) atoms. The van der Waals surface area contributed by atoms with Crippen LogP contribution in [0.1, 0.15) is 63.5 Å². The van der Waals surface area contributed by atoms with Crippen molar-refractivity contribution in [2.24, 2.45) is 11.7 Å². The standard InChI is InChI=1S/C18H26N2O2S/c19-16(23)18(17(21)22,15-11-5-7-13-20-15)12-6-4-10-14-8-2-1-3-9-14/h5,7,11,13-14H,1-4,6,8-10,12H2,(H2,19,23)(H,21,22). The molecule has 1 saturated carbocycles. The van der Waals surface area contributed by atoms with Crippen molar-refractivity contribution in [2.45, 2.75) is 63.2 Å². The largest absolute Gasteiger partial charge is 0.480 e. The third-order valence-corrected chi connectivity index (χ3v) is 5.38. The van der Waals surface area contributed by atoms with Crippen LogP contribution in [-0.2, 0) is 10.2 Å². The van der Waals surface area contributed by atoms with Gasteiger partial charge in [0.1, 0.15) is 0 Å². The lowest BCUT2D eigenvalue weighted by Crippen LogP contribution is -2.47. The number of aliphatic carboxylic acids is 1. The van der Waals surface area contributed by atoms with E-state index in [0.717, 1.165) is 18.8 Å². The van der Waals surface area contributed by atoms with Crippen LogP contribution in [0.2, 0.25) is 0 Å². The van der Waals surface area contributed by atoms with Crippen molar-refractivity contribution in [1.82, 2.24) is 4.98 Å². The molecule has 0 radical (unpaired) electrons. The number of unbranched alkanes of at least 4 members (excludes halogenated alkanes) is 1. The first-order chi connectivity index (χ1) is 11.1. The van der Waals surface area contributed by atoms with E-state index in [1.165, 1.54) is 38.5 Å². The van der Waals surface area contributed by atoms with Crippen LogP contribution in [0.3, 0.4) is 0 Å². The molecule has 1 aliphatic carbocycles. The highest BCUT2D eigenvalue weighted by Crippen LogP contribution is 2.32. The molecule has 0 bridgehead atoms. The van der Waals surface area contributed by atoms with E-state index in [4.69, 9.17) is 18.0 Å². The Labute approximate surface area is 143 Å². The van der Waals surface area contributed by atoms with Gasteiger partial charge in [0.15, 0.2) is 5.41 Å². The second-order valence-electron chi connectivity index (χ2n) is 6.54. The predicted octanol–water partition coefficient (Wildman–Crippen LogP) is 3.83. The molecule has 3 N–H and O–H groups in total. The van der Waals surface area contributed by atoms with Gasteiger partial charge in [0.25, 0.3) is 0 Å². The Kier molecular flexibility index (Phi) is 6.51. The van der Waals surface area contributed by atoms with Crippen molar-refractivity contribution in [1.29, 1.82) is 0 Å². The lowest BCUT2D eigenvalue weighted by Gasteiger charge is -2.28. The third-order valence-electron chi connectivity index (χ3n) is 5.03. The van der Waals surface area contributed by atoms with Gasteiger partial charge in [-0.2, -0.15) is 0 Å². The first-order valence-electron chi connectivity index (χ1n) is 8.52. The number of nitrogens with zero attached hydrogens (tertiary/aromatic N) is 1. The minimum absolute atomic E-state index is 0.00127. The Hall–Kier alpha value is -1.49. The molecule has 0 aliphatic heterocycles. The van der Waals surface area contributed by atoms with Crippen molar-refractivity contribution in [3.05, 3.63) is 30.1 Å². The molecule has 0 saturated heterocycles. The average Bonchev–Trinajstić information content (AvgIpc) is 2.56. The molecule has 0 amide bonds. The van der Waals surface area contributed by atoms with Gasteiger partial charge in [-0.1, -0.05) is 69.7 Å². The Morgan fingerprint density at radius 3 is 2.61 bits per heavy atom. The van der Waals surface area contributed by atoms with Crippen LogP contribution in [0.15, 0.2) is 24.4 Å². The summed E-state index contributed by atoms with van der Waals surface area (Å²) in [5, 5.41) is 9.79. The molecule has 0 spiro atoms. The maximum Gasteiger partial charge on any atom is 0.322 e. The topological polar surface area (TPSA) is 76.2 Å². The van der Waals surface area contributed by atoms with Crippen LogP contribution >= 0.6 is 12.2 Å². The fourth-order valence-corrected chi connectivity index (χ4v) is 3.91. The van der Waals surface area contributed by atoms with Gasteiger partial charge in [0.05, 0.1) is 10.7 Å². The highest BCUT2D eigenvalue weighted by atomic mass is 32.1. The van der Waals surface area contributed by atoms with Gasteiger partial charge in [-0.3, -0.25) is 9.78 Å². The quantitative estimate of drug-likeness (QED) is 0.558. The molecule has 1 aromatic rings. The van der Waals surface area contributed by atoms with Gasteiger partial charge < -0.3 is 10.8 Å². The summed E-state index contributed by atoms with van der Waals surface area (Å²) in [6, 6.07) is 5.24. The Morgan fingerprint density at radius 2 is 2.04 bits per heavy atom. The van der Waals surface area contributed by atoms with Crippen molar-refractivity contribution in [2.75, 3.05) is 0 Å². The number of carboxylic acids is 1. The van der Waals surface area contributed by atoms with Gasteiger partial charge in [0.2, 0.25) is 0 Å². The number of carbonyl (C=O) groups is 1. The molecule has 1 heterocycles. The average molecular weight is 334 g/mol. The fraction of sp³-hybridized carbons (Fsp3) is 0.611. The van der Waals surface area contributed by atoms with E-state index in [2.05, 4.69) is 4.98 Å². The van der Waals surface area contributed by atoms with Crippen LogP contribution in [0, 0.1) is 5.92 Å². The zero-order valence-corrected chi connectivity index (χ0v) is 14.4. The Balaban J connectivity index is 2.00. The smallest absolute Gasteiger partial charge is 0.322 e. The molecule has 1 aromatic heterocycles. The Bertz CT molecular complexity index is 513. The lowest BCUT2D eigenvalue weighted by molar-refractivity contribution is -0.141. The van der Waals surface area contributed by atoms with E-state index in [0.29, 0.717) is 12.1 Å². The van der Waals surface area contributed by atoms with E-state index >= 15 is 0 Å². The number of aromatic nitrogens is 1. The molecule has 4 nitrogen and oxygen atoms in total. The van der Waals surface area contributed by atoms with Gasteiger partial charge in [-0.25, -0.2) is 0 Å². The van der Waals surface area contributed by atoms with Crippen LogP contribution in [-0.4, -0.2) is 21.0 Å². The zero-order valence-electron chi connectivity index (χ0n) is 13.5. The number of pyridine rings is 1. The van der Waals surface area contributed by atoms with Crippen molar-refractivity contribution in [3.63, 3.8) is 0 Å². The van der Waals surface area contributed by atoms with Crippen LogP contribution in [0.5, 0.6) is 0 Å². The highest BCUT2D eigenvalue weighted by molar-refractivity contribution is 7.80. The van der Waals surface area contributed by atoms with Gasteiger partial charge in [-0.05, 0) is 24.5 Å². The number of carboxylic acid groups (broad SMARTS) is 1. The minimum atomic E-state index is -1.34. The maximum absolute atomic E-state index is 12.0. The second kappa shape index (κ2) is 8.39. The van der Waals surface area contributed by atoms with Crippen LogP contribution < -0.4 is 5.73 Å². The first-order valence-corrected chi connectivity index (χ1v) is 8.93. The molecule has 1 unspecified atom stereocenters. The maximum atomic E-state index is 12.0. The van der Waals surface area contributed by atoms with E-state index in [1.807, 2.05) is 0 Å². The SMILES string of the molecule is NC(=S)C(CCCCC1CCCCC1)(C(=O)O)c1ccccn1. The number of hydrogen-bond acceptors (Lipinski definition) is 3. The van der Waals surface area contributed by atoms with E-state index < -0.39 is 11.4 Å². The molecule has 5 heteroatoms. The normalized spacial score (nSPS) is 18.3. The summed E-state index contributed by atoms with van der Waals surface area (Å²) in [6.45, 7) is 0. The molecule has 2 rings (SSSR count). The van der Waals surface area contributed by atoms with Crippen molar-refractivity contribution < 1.29 is 9.90 Å². The number of nitrogens with two attached hydrogens (primary N) is 1. The summed E-state index contributed by atoms with van der Waals surface area (Å²) in [7, 11) is 0. The van der Waals surface area contributed by atoms with Gasteiger partial charge in [0, 0.05) is 6.20 Å². The molecule has 126 valence electrons. The predicted molar refractivity (Wildman–Crippen MR) is 95.4 cm³/mol.